The third kappa shape index (κ3) is 4.36. The number of rotatable bonds is 6. The van der Waals surface area contributed by atoms with E-state index >= 15 is 0 Å². The third-order valence-corrected chi connectivity index (χ3v) is 6.55. The highest BCUT2D eigenvalue weighted by Gasteiger charge is 2.33. The van der Waals surface area contributed by atoms with Gasteiger partial charge >= 0.3 is 0 Å². The van der Waals surface area contributed by atoms with Gasteiger partial charge in [-0.1, -0.05) is 25.5 Å². The topological polar surface area (TPSA) is 66.5 Å². The number of carbonyl (C=O) groups is 1. The number of benzene rings is 1. The molecule has 1 saturated heterocycles. The molecule has 24 heavy (non-hydrogen) atoms. The highest BCUT2D eigenvalue weighted by atomic mass is 32.2. The molecule has 5 nitrogen and oxygen atoms in total. The van der Waals surface area contributed by atoms with Crippen LogP contribution in [0.5, 0.6) is 0 Å². The fraction of sp³-hybridized carbons (Fsp3) is 0.611. The zero-order valence-corrected chi connectivity index (χ0v) is 15.7. The van der Waals surface area contributed by atoms with E-state index < -0.39 is 10.0 Å². The molecule has 1 atom stereocenters. The summed E-state index contributed by atoms with van der Waals surface area (Å²) in [5, 5.41) is 2.93. The minimum absolute atomic E-state index is 0.0238. The summed E-state index contributed by atoms with van der Waals surface area (Å²) in [7, 11) is -3.55. The van der Waals surface area contributed by atoms with E-state index in [1.54, 1.807) is 6.07 Å². The van der Waals surface area contributed by atoms with Crippen molar-refractivity contribution >= 4 is 15.9 Å². The summed E-state index contributed by atoms with van der Waals surface area (Å²) in [5.74, 6) is -0.278. The quantitative estimate of drug-likeness (QED) is 0.800. The normalized spacial score (nSPS) is 19.2. The number of aryl methyl sites for hydroxylation is 2. The van der Waals surface area contributed by atoms with Crippen molar-refractivity contribution in [3.05, 3.63) is 29.3 Å². The first-order chi connectivity index (χ1) is 11.4. The fourth-order valence-corrected chi connectivity index (χ4v) is 4.87. The number of carbonyl (C=O) groups excluding carboxylic acids is 1. The average Bonchev–Trinajstić information content (AvgIpc) is 2.57. The first kappa shape index (κ1) is 18.9. The summed E-state index contributed by atoms with van der Waals surface area (Å²) in [6.07, 6.45) is 3.44. The molecule has 0 saturated carbocycles. The van der Waals surface area contributed by atoms with Crippen LogP contribution in [-0.2, 0) is 14.8 Å². The second kappa shape index (κ2) is 8.12. The van der Waals surface area contributed by atoms with Crippen molar-refractivity contribution in [3.8, 4) is 0 Å². The minimum atomic E-state index is -3.55. The summed E-state index contributed by atoms with van der Waals surface area (Å²) in [6, 6.07) is 5.46. The molecule has 0 unspecified atom stereocenters. The van der Waals surface area contributed by atoms with E-state index in [1.807, 2.05) is 26.0 Å². The van der Waals surface area contributed by atoms with Crippen LogP contribution < -0.4 is 5.32 Å². The van der Waals surface area contributed by atoms with Crippen LogP contribution in [0.2, 0.25) is 0 Å². The summed E-state index contributed by atoms with van der Waals surface area (Å²) in [5.41, 5.74) is 1.67. The molecule has 1 aliphatic rings. The Balaban J connectivity index is 2.13. The molecule has 1 heterocycles. The van der Waals surface area contributed by atoms with Crippen molar-refractivity contribution in [3.63, 3.8) is 0 Å². The zero-order chi connectivity index (χ0) is 17.7. The number of hydrogen-bond acceptors (Lipinski definition) is 3. The van der Waals surface area contributed by atoms with Crippen LogP contribution in [0.3, 0.4) is 0 Å². The molecule has 1 aromatic rings. The van der Waals surface area contributed by atoms with Gasteiger partial charge < -0.3 is 5.32 Å². The SMILES string of the molecule is CCCCNC(=O)[C@@H]1CCCN(S(=O)(=O)c2cc(C)ccc2C)C1. The van der Waals surface area contributed by atoms with Crippen LogP contribution in [0, 0.1) is 19.8 Å². The van der Waals surface area contributed by atoms with Gasteiger partial charge in [-0.3, -0.25) is 4.79 Å². The largest absolute Gasteiger partial charge is 0.356 e. The first-order valence-corrected chi connectivity index (χ1v) is 10.2. The molecule has 1 amide bonds. The molecule has 1 N–H and O–H groups in total. The Kier molecular flexibility index (Phi) is 6.40. The Bertz CT molecular complexity index is 686. The lowest BCUT2D eigenvalue weighted by Gasteiger charge is -2.31. The van der Waals surface area contributed by atoms with Gasteiger partial charge in [-0.05, 0) is 50.3 Å². The van der Waals surface area contributed by atoms with E-state index in [-0.39, 0.29) is 18.4 Å². The average molecular weight is 353 g/mol. The molecule has 1 aliphatic heterocycles. The first-order valence-electron chi connectivity index (χ1n) is 8.71. The van der Waals surface area contributed by atoms with Crippen LogP contribution >= 0.6 is 0 Å². The number of unbranched alkanes of at least 4 members (excludes halogenated alkanes) is 1. The predicted octanol–water partition coefficient (Wildman–Crippen LogP) is 2.62. The van der Waals surface area contributed by atoms with Gasteiger partial charge in [-0.2, -0.15) is 4.31 Å². The van der Waals surface area contributed by atoms with Gasteiger partial charge in [-0.25, -0.2) is 8.42 Å². The van der Waals surface area contributed by atoms with E-state index in [1.165, 1.54) is 4.31 Å². The van der Waals surface area contributed by atoms with E-state index in [0.717, 1.165) is 36.8 Å². The van der Waals surface area contributed by atoms with Crippen LogP contribution in [0.1, 0.15) is 43.7 Å². The lowest BCUT2D eigenvalue weighted by Crippen LogP contribution is -2.45. The molecule has 0 aromatic heterocycles. The van der Waals surface area contributed by atoms with Crippen LogP contribution in [0.4, 0.5) is 0 Å². The van der Waals surface area contributed by atoms with Crippen molar-refractivity contribution in [1.82, 2.24) is 9.62 Å². The van der Waals surface area contributed by atoms with Crippen molar-refractivity contribution in [2.24, 2.45) is 5.92 Å². The summed E-state index contributed by atoms with van der Waals surface area (Å²) in [6.45, 7) is 7.19. The van der Waals surface area contributed by atoms with Crippen LogP contribution in [0.15, 0.2) is 23.1 Å². The number of amides is 1. The Morgan fingerprint density at radius 3 is 2.79 bits per heavy atom. The summed E-state index contributed by atoms with van der Waals surface area (Å²) < 4.78 is 27.4. The summed E-state index contributed by atoms with van der Waals surface area (Å²) >= 11 is 0. The predicted molar refractivity (Wildman–Crippen MR) is 95.3 cm³/mol. The van der Waals surface area contributed by atoms with Gasteiger partial charge in [-0.15, -0.1) is 0 Å². The maximum absolute atomic E-state index is 13.0. The number of nitrogens with one attached hydrogen (secondary N) is 1. The molecule has 6 heteroatoms. The van der Waals surface area contributed by atoms with E-state index in [9.17, 15) is 13.2 Å². The molecule has 0 aliphatic carbocycles. The smallest absolute Gasteiger partial charge is 0.243 e. The van der Waals surface area contributed by atoms with Gasteiger partial charge in [0.05, 0.1) is 10.8 Å². The second-order valence-electron chi connectivity index (χ2n) is 6.62. The number of sulfonamides is 1. The van der Waals surface area contributed by atoms with Gasteiger partial charge in [0.1, 0.15) is 0 Å². The van der Waals surface area contributed by atoms with Crippen molar-refractivity contribution < 1.29 is 13.2 Å². The fourth-order valence-electron chi connectivity index (χ4n) is 3.03. The van der Waals surface area contributed by atoms with Crippen LogP contribution in [-0.4, -0.2) is 38.3 Å². The number of piperidine rings is 1. The van der Waals surface area contributed by atoms with E-state index in [2.05, 4.69) is 12.2 Å². The third-order valence-electron chi connectivity index (χ3n) is 4.55. The van der Waals surface area contributed by atoms with Gasteiger partial charge in [0.2, 0.25) is 15.9 Å². The maximum atomic E-state index is 13.0. The Hall–Kier alpha value is -1.40. The molecule has 0 spiro atoms. The monoisotopic (exact) mass is 352 g/mol. The summed E-state index contributed by atoms with van der Waals surface area (Å²) in [4.78, 5) is 12.6. The molecule has 2 rings (SSSR count). The van der Waals surface area contributed by atoms with E-state index in [4.69, 9.17) is 0 Å². The molecule has 134 valence electrons. The highest BCUT2D eigenvalue weighted by molar-refractivity contribution is 7.89. The van der Waals surface area contributed by atoms with Crippen molar-refractivity contribution in [2.75, 3.05) is 19.6 Å². The Morgan fingerprint density at radius 2 is 2.08 bits per heavy atom. The number of hydrogen-bond donors (Lipinski definition) is 1. The van der Waals surface area contributed by atoms with Gasteiger partial charge in [0, 0.05) is 19.6 Å². The molecule has 0 radical (unpaired) electrons. The standard InChI is InChI=1S/C18H28N2O3S/c1-4-5-10-19-18(21)16-7-6-11-20(13-16)24(22,23)17-12-14(2)8-9-15(17)3/h8-9,12,16H,4-7,10-11,13H2,1-3H3,(H,19,21)/t16-/m1/s1. The maximum Gasteiger partial charge on any atom is 0.243 e. The lowest BCUT2D eigenvalue weighted by atomic mass is 9.99. The highest BCUT2D eigenvalue weighted by Crippen LogP contribution is 2.26. The van der Waals surface area contributed by atoms with E-state index in [0.29, 0.717) is 18.0 Å². The van der Waals surface area contributed by atoms with Gasteiger partial charge in [0.15, 0.2) is 0 Å². The minimum Gasteiger partial charge on any atom is -0.356 e. The zero-order valence-electron chi connectivity index (χ0n) is 14.8. The second-order valence-corrected chi connectivity index (χ2v) is 8.52. The molecule has 1 fully saturated rings. The molecule has 0 bridgehead atoms. The molecule has 1 aromatic carbocycles. The number of nitrogens with zero attached hydrogens (tertiary/aromatic N) is 1. The Labute approximate surface area is 145 Å². The molecular weight excluding hydrogens is 324 g/mol. The Morgan fingerprint density at radius 1 is 1.33 bits per heavy atom. The van der Waals surface area contributed by atoms with Crippen LogP contribution in [0.25, 0.3) is 0 Å². The van der Waals surface area contributed by atoms with Crippen molar-refractivity contribution in [2.45, 2.75) is 51.3 Å². The lowest BCUT2D eigenvalue weighted by molar-refractivity contribution is -0.126. The molecular formula is C18H28N2O3S. The van der Waals surface area contributed by atoms with Crippen molar-refractivity contribution in [1.29, 1.82) is 0 Å². The van der Waals surface area contributed by atoms with Gasteiger partial charge in [0.25, 0.3) is 0 Å².